The highest BCUT2D eigenvalue weighted by Gasteiger charge is 2.46. The molecule has 0 radical (unpaired) electrons. The molecule has 8 aliphatic rings. The van der Waals surface area contributed by atoms with Crippen LogP contribution >= 0.6 is 0 Å². The van der Waals surface area contributed by atoms with Crippen molar-refractivity contribution in [2.24, 2.45) is 0 Å². The first-order valence-corrected chi connectivity index (χ1v) is 49.5. The van der Waals surface area contributed by atoms with E-state index in [1.54, 1.807) is 0 Å². The van der Waals surface area contributed by atoms with E-state index < -0.39 is 0 Å². The lowest BCUT2D eigenvalue weighted by Gasteiger charge is -2.37. The summed E-state index contributed by atoms with van der Waals surface area (Å²) < 4.78 is 14.0. The molecule has 0 unspecified atom stereocenters. The van der Waals surface area contributed by atoms with Crippen LogP contribution in [0.25, 0.3) is 86.2 Å². The molecule has 0 spiro atoms. The van der Waals surface area contributed by atoms with E-state index >= 15 is 38.4 Å². The summed E-state index contributed by atoms with van der Waals surface area (Å²) >= 11 is 0. The Kier molecular flexibility index (Phi) is 24.8. The summed E-state index contributed by atoms with van der Waals surface area (Å²) in [5.74, 6) is 25.3. The summed E-state index contributed by atoms with van der Waals surface area (Å²) in [6, 6.07) is 37.4. The van der Waals surface area contributed by atoms with Crippen LogP contribution in [0.4, 0.5) is 0 Å². The summed E-state index contributed by atoms with van der Waals surface area (Å²) in [6.07, 6.45) is 41.3. The maximum atomic E-state index is 15.4. The van der Waals surface area contributed by atoms with Gasteiger partial charge in [0.05, 0.1) is 24.3 Å². The normalized spacial score (nSPS) is 16.9. The molecule has 12 aromatic rings. The zero-order valence-electron chi connectivity index (χ0n) is 75.4. The fraction of sp³-hybridized carbons (Fsp3) is 0.414. The Balaban J connectivity index is 0.620. The van der Waals surface area contributed by atoms with Crippen molar-refractivity contribution in [1.29, 1.82) is 0 Å². The van der Waals surface area contributed by atoms with Gasteiger partial charge in [-0.05, 0) is 195 Å². The summed E-state index contributed by atoms with van der Waals surface area (Å²) in [5.41, 5.74) is 7.63. The molecule has 20 rings (SSSR count). The monoisotopic (exact) mass is 1720 g/mol. The second kappa shape index (κ2) is 37.6. The first kappa shape index (κ1) is 85.7. The zero-order valence-corrected chi connectivity index (χ0v) is 75.4. The van der Waals surface area contributed by atoms with Gasteiger partial charge in [-0.1, -0.05) is 266 Å². The molecular formula is C116H114N4O10. The third-order valence-corrected chi connectivity index (χ3v) is 29.9. The van der Waals surface area contributed by atoms with Gasteiger partial charge in [-0.15, -0.1) is 0 Å². The number of hydrogen-bond donors (Lipinski definition) is 0. The molecule has 4 saturated carbocycles. The van der Waals surface area contributed by atoms with Crippen LogP contribution < -0.4 is 9.47 Å². The molecule has 4 heterocycles. The number of carbonyl (C=O) groups excluding carboxylic acids is 8. The van der Waals surface area contributed by atoms with Gasteiger partial charge < -0.3 is 9.47 Å². The van der Waals surface area contributed by atoms with Gasteiger partial charge in [0, 0.05) is 156 Å². The predicted molar refractivity (Wildman–Crippen MR) is 518 cm³/mol. The molecule has 0 bridgehead atoms. The quantitative estimate of drug-likeness (QED) is 0.0151. The average Bonchev–Trinajstić information content (AvgIpc) is 0.682. The third kappa shape index (κ3) is 15.7. The first-order valence-electron chi connectivity index (χ1n) is 49.5. The van der Waals surface area contributed by atoms with Gasteiger partial charge in [-0.3, -0.25) is 58.0 Å². The predicted octanol–water partition coefficient (Wildman–Crippen LogP) is 26.3. The molecule has 658 valence electrons. The molecule has 14 heteroatoms. The maximum Gasteiger partial charge on any atom is 0.261 e. The molecular weight excluding hydrogens is 1610 g/mol. The maximum absolute atomic E-state index is 15.4. The van der Waals surface area contributed by atoms with Crippen LogP contribution in [-0.4, -0.2) is 104 Å². The highest BCUT2D eigenvalue weighted by molar-refractivity contribution is 6.45. The van der Waals surface area contributed by atoms with Crippen LogP contribution in [0.2, 0.25) is 0 Å². The number of unbranched alkanes of at least 4 members (excludes halogenated alkanes) is 18. The van der Waals surface area contributed by atoms with Crippen LogP contribution in [0, 0.1) is 47.4 Å². The number of rotatable bonds is 28. The van der Waals surface area contributed by atoms with Crippen LogP contribution in [-0.2, 0) is 0 Å². The zero-order chi connectivity index (χ0) is 88.6. The van der Waals surface area contributed by atoms with Crippen molar-refractivity contribution in [3.63, 3.8) is 0 Å². The van der Waals surface area contributed by atoms with Crippen molar-refractivity contribution >= 4 is 133 Å². The van der Waals surface area contributed by atoms with Gasteiger partial charge in [0.1, 0.15) is 11.5 Å². The number of amides is 8. The second-order valence-electron chi connectivity index (χ2n) is 38.2. The van der Waals surface area contributed by atoms with Crippen molar-refractivity contribution < 1.29 is 47.8 Å². The highest BCUT2D eigenvalue weighted by atomic mass is 16.5. The summed E-state index contributed by atoms with van der Waals surface area (Å²) in [7, 11) is 0. The Morgan fingerprint density at radius 2 is 0.477 bits per heavy atom. The number of ether oxygens (including phenoxy) is 2. The van der Waals surface area contributed by atoms with E-state index in [1.807, 2.05) is 121 Å². The Labute approximate surface area is 762 Å². The van der Waals surface area contributed by atoms with Gasteiger partial charge in [-0.25, -0.2) is 0 Å². The smallest absolute Gasteiger partial charge is 0.261 e. The van der Waals surface area contributed by atoms with Crippen molar-refractivity contribution in [2.45, 2.75) is 295 Å². The molecule has 0 aromatic heterocycles. The Hall–Kier alpha value is -12.4. The largest absolute Gasteiger partial charge is 0.493 e. The minimum absolute atomic E-state index is 0.199. The van der Waals surface area contributed by atoms with Crippen LogP contribution in [0.15, 0.2) is 121 Å². The van der Waals surface area contributed by atoms with Crippen molar-refractivity contribution in [1.82, 2.24) is 19.6 Å². The Bertz CT molecular complexity index is 6450. The van der Waals surface area contributed by atoms with Crippen molar-refractivity contribution in [3.05, 3.63) is 199 Å². The van der Waals surface area contributed by atoms with E-state index in [4.69, 9.17) is 9.47 Å². The van der Waals surface area contributed by atoms with E-state index in [-0.39, 0.29) is 71.4 Å². The minimum atomic E-state index is -0.325. The average molecular weight is 1720 g/mol. The molecule has 4 aliphatic carbocycles. The van der Waals surface area contributed by atoms with Gasteiger partial charge in [0.15, 0.2) is 0 Å². The van der Waals surface area contributed by atoms with Gasteiger partial charge in [0.2, 0.25) is 0 Å². The standard InChI is InChI=1S/C116H114N4O10/c1-3-5-7-9-11-13-15-17-19-35-67-129-95-71-93-101-89(111(123)119(115(93)127)81-43-29-23-30-44-81)63-59-83-97-77(69-91-99-87(65-61-85(105(97)99)103(95)107(83)101)109(121)117(113(91)125)79-39-25-21-26-40-79)57-55-75-51-47-73(48-52-75)37-33-34-38-74-49-53-76(54-50-74)56-58-78-70-92-100-88(110(122)118(114(92)126)80-41-27-22-28-42-80)66-62-86-104-96(130-68-36-20-18-16-14-12-10-8-6-4-2)72-94-102-90(64-60-84(108(102)104)98(78)106(86)100)112(124)120(116(94)128)82-45-31-24-32-46-82/h47-54,59-66,69-72,79-82H,3-32,35-36,39-46,67-68H2,1-2H3. The summed E-state index contributed by atoms with van der Waals surface area (Å²) in [4.78, 5) is 128. The van der Waals surface area contributed by atoms with E-state index in [0.29, 0.717) is 113 Å². The fourth-order valence-corrected chi connectivity index (χ4v) is 23.3. The lowest BCUT2D eigenvalue weighted by atomic mass is 9.79. The van der Waals surface area contributed by atoms with Crippen molar-refractivity contribution in [2.75, 3.05) is 13.2 Å². The number of imide groups is 4. The van der Waals surface area contributed by atoms with E-state index in [2.05, 4.69) is 61.2 Å². The molecule has 12 aromatic carbocycles. The lowest BCUT2D eigenvalue weighted by molar-refractivity contribution is 0.0487. The SMILES string of the molecule is CCCCCCCCCCCCOc1cc2c3c(ccc4c5c(C#Cc6ccc(C#CC#Cc7ccc(C#Cc8cc9c%10c(ccc%11c%12c(OCCCCCCCCCCCC)cc%13c%14c(ccc(c8c%10%11)c%14%12)C(=O)N(C8CCCCC8)C%13=O)C(=O)N(C8CCCCC8)C9=O)cc7)cc6)cc6c7c(ccc(c1c34)c75)C(=O)N(C1CCCCC1)C6=O)C(=O)N(C1CCCCC1)C2=O. The topological polar surface area (TPSA) is 168 Å². The fourth-order valence-electron chi connectivity index (χ4n) is 23.3. The molecule has 130 heavy (non-hydrogen) atoms. The number of benzene rings is 12. The van der Waals surface area contributed by atoms with Crippen LogP contribution in [0.3, 0.4) is 0 Å². The van der Waals surface area contributed by atoms with Crippen LogP contribution in [0.5, 0.6) is 11.5 Å². The van der Waals surface area contributed by atoms with Gasteiger partial charge >= 0.3 is 0 Å². The second-order valence-corrected chi connectivity index (χ2v) is 38.2. The molecule has 4 fully saturated rings. The molecule has 8 amide bonds. The lowest BCUT2D eigenvalue weighted by Crippen LogP contribution is -2.48. The molecule has 0 atom stereocenters. The molecule has 14 nitrogen and oxygen atoms in total. The Morgan fingerprint density at radius 1 is 0.238 bits per heavy atom. The number of fused-ring (bicyclic) bond motifs is 4. The third-order valence-electron chi connectivity index (χ3n) is 29.9. The van der Waals surface area contributed by atoms with Crippen LogP contribution in [0.1, 0.15) is 387 Å². The Morgan fingerprint density at radius 3 is 0.762 bits per heavy atom. The molecule has 0 N–H and O–H groups in total. The molecule has 0 saturated heterocycles. The van der Waals surface area contributed by atoms with E-state index in [0.717, 1.165) is 243 Å². The summed E-state index contributed by atoms with van der Waals surface area (Å²) in [5, 5.41) is 11.3. The number of nitrogens with zero attached hydrogens (tertiary/aromatic N) is 4. The first-order chi connectivity index (χ1) is 63.9. The highest BCUT2D eigenvalue weighted by Crippen LogP contribution is 2.55. The minimum Gasteiger partial charge on any atom is -0.493 e. The van der Waals surface area contributed by atoms with Gasteiger partial charge in [-0.2, -0.15) is 0 Å². The van der Waals surface area contributed by atoms with E-state index in [9.17, 15) is 0 Å². The number of carbonyl (C=O) groups is 8. The number of hydrogen-bond acceptors (Lipinski definition) is 10. The van der Waals surface area contributed by atoms with Crippen molar-refractivity contribution in [3.8, 4) is 58.9 Å². The summed E-state index contributed by atoms with van der Waals surface area (Å²) in [6.45, 7) is 5.36. The molecule has 4 aliphatic heterocycles. The van der Waals surface area contributed by atoms with E-state index in [1.165, 1.54) is 109 Å². The van der Waals surface area contributed by atoms with Gasteiger partial charge in [0.25, 0.3) is 47.3 Å².